The van der Waals surface area contributed by atoms with Crippen molar-refractivity contribution in [3.8, 4) is 0 Å². The van der Waals surface area contributed by atoms with E-state index in [0.29, 0.717) is 0 Å². The lowest BCUT2D eigenvalue weighted by molar-refractivity contribution is -0.297. The van der Waals surface area contributed by atoms with E-state index in [0.717, 1.165) is 13.8 Å². The van der Waals surface area contributed by atoms with Crippen molar-refractivity contribution >= 4 is 23.9 Å². The van der Waals surface area contributed by atoms with Crippen molar-refractivity contribution in [1.29, 1.82) is 0 Å². The van der Waals surface area contributed by atoms with E-state index in [2.05, 4.69) is 0 Å². The molecular weight excluding hydrogens is 400 g/mol. The first kappa shape index (κ1) is 25.8. The van der Waals surface area contributed by atoms with Gasteiger partial charge in [-0.15, -0.1) is 0 Å². The summed E-state index contributed by atoms with van der Waals surface area (Å²) >= 11 is 0. The summed E-state index contributed by atoms with van der Waals surface area (Å²) < 4.78 is 26.5. The van der Waals surface area contributed by atoms with Gasteiger partial charge in [-0.3, -0.25) is 19.2 Å². The summed E-state index contributed by atoms with van der Waals surface area (Å²) in [6.07, 6.45) is -7.01. The average molecular weight is 432 g/mol. The lowest BCUT2D eigenvalue weighted by atomic mass is 9.94. The Bertz CT molecular complexity index is 657. The van der Waals surface area contributed by atoms with Gasteiger partial charge in [0, 0.05) is 13.8 Å². The van der Waals surface area contributed by atoms with Crippen LogP contribution in [0.1, 0.15) is 55.4 Å². The molecule has 1 aliphatic rings. The van der Waals surface area contributed by atoms with Gasteiger partial charge in [0.15, 0.2) is 24.6 Å². The number of ether oxygens (including phenoxy) is 5. The predicted octanol–water partition coefficient (Wildman–Crippen LogP) is 1.11. The molecule has 0 spiro atoms. The molecule has 0 aromatic carbocycles. The summed E-state index contributed by atoms with van der Waals surface area (Å²) in [4.78, 5) is 47.8. The molecule has 0 radical (unpaired) electrons. The fourth-order valence-corrected chi connectivity index (χ4v) is 2.49. The predicted molar refractivity (Wildman–Crippen MR) is 102 cm³/mol. The van der Waals surface area contributed by atoms with Crippen LogP contribution in [0.2, 0.25) is 0 Å². The molecule has 0 aromatic rings. The minimum absolute atomic E-state index is 0.387. The number of hydrogen-bond acceptors (Lipinski definition) is 10. The molecule has 0 unspecified atom stereocenters. The van der Waals surface area contributed by atoms with E-state index >= 15 is 0 Å². The Labute approximate surface area is 176 Å². The van der Waals surface area contributed by atoms with Crippen LogP contribution in [0.3, 0.4) is 0 Å². The highest BCUT2D eigenvalue weighted by atomic mass is 16.7. The zero-order valence-corrected chi connectivity index (χ0v) is 18.7. The highest BCUT2D eigenvalue weighted by Crippen LogP contribution is 2.30. The Balaban J connectivity index is 3.24. The van der Waals surface area contributed by atoms with Crippen molar-refractivity contribution in [3.63, 3.8) is 0 Å². The molecule has 10 nitrogen and oxygen atoms in total. The number of esters is 4. The summed E-state index contributed by atoms with van der Waals surface area (Å²) in [6.45, 7) is 11.6. The molecule has 1 aliphatic heterocycles. The van der Waals surface area contributed by atoms with Gasteiger partial charge in [-0.2, -0.15) is 0 Å². The second kappa shape index (κ2) is 9.74. The summed E-state index contributed by atoms with van der Waals surface area (Å²) in [7, 11) is 0. The fraction of sp³-hybridized carbons (Fsp3) is 0.800. The molecule has 1 heterocycles. The van der Waals surface area contributed by atoms with Crippen molar-refractivity contribution < 1.29 is 48.0 Å². The molecule has 0 amide bonds. The zero-order valence-electron chi connectivity index (χ0n) is 18.7. The van der Waals surface area contributed by atoms with E-state index in [1.807, 2.05) is 0 Å². The minimum atomic E-state index is -1.71. The number of hydrogen-bond donors (Lipinski definition) is 1. The zero-order chi connectivity index (χ0) is 23.4. The lowest BCUT2D eigenvalue weighted by Gasteiger charge is -2.43. The van der Waals surface area contributed by atoms with Gasteiger partial charge >= 0.3 is 23.9 Å². The van der Waals surface area contributed by atoms with E-state index < -0.39 is 65.4 Å². The summed E-state index contributed by atoms with van der Waals surface area (Å²) in [5, 5.41) is 10.4. The van der Waals surface area contributed by atoms with E-state index in [1.54, 1.807) is 41.5 Å². The minimum Gasteiger partial charge on any atom is -0.462 e. The van der Waals surface area contributed by atoms with Crippen LogP contribution in [0.15, 0.2) is 0 Å². The maximum atomic E-state index is 12.5. The van der Waals surface area contributed by atoms with Crippen molar-refractivity contribution in [2.75, 3.05) is 6.61 Å². The summed E-state index contributed by atoms with van der Waals surface area (Å²) in [5.74, 6) is -2.72. The van der Waals surface area contributed by atoms with Gasteiger partial charge in [0.1, 0.15) is 12.7 Å². The summed E-state index contributed by atoms with van der Waals surface area (Å²) in [5.41, 5.74) is -1.73. The van der Waals surface area contributed by atoms with Gasteiger partial charge in [-0.25, -0.2) is 0 Å². The van der Waals surface area contributed by atoms with Crippen LogP contribution in [0, 0.1) is 10.8 Å². The third-order valence-corrected chi connectivity index (χ3v) is 4.06. The molecule has 10 heteroatoms. The average Bonchev–Trinajstić information content (AvgIpc) is 2.55. The standard InChI is InChI=1S/C20H32O10/c1-10(21)27-13-12(9-26-17(24)19(3,4)5)29-16(23)15(28-11(2)22)14(13)30-18(25)20(6,7)8/h12-16,23H,9H2,1-8H3/t12-,13-,14+,15+,16-/m1/s1. The van der Waals surface area contributed by atoms with Gasteiger partial charge in [0.25, 0.3) is 0 Å². The maximum absolute atomic E-state index is 12.5. The first-order valence-electron chi connectivity index (χ1n) is 9.60. The Hall–Kier alpha value is -2.20. The highest BCUT2D eigenvalue weighted by Gasteiger charge is 2.52. The van der Waals surface area contributed by atoms with Gasteiger partial charge < -0.3 is 28.8 Å². The molecule has 30 heavy (non-hydrogen) atoms. The number of carbonyl (C=O) groups excluding carboxylic acids is 4. The smallest absolute Gasteiger partial charge is 0.311 e. The molecule has 0 bridgehead atoms. The Morgan fingerprint density at radius 1 is 0.767 bits per heavy atom. The highest BCUT2D eigenvalue weighted by molar-refractivity contribution is 5.76. The van der Waals surface area contributed by atoms with Crippen LogP contribution >= 0.6 is 0 Å². The largest absolute Gasteiger partial charge is 0.462 e. The van der Waals surface area contributed by atoms with Crippen molar-refractivity contribution in [3.05, 3.63) is 0 Å². The third-order valence-electron chi connectivity index (χ3n) is 4.06. The van der Waals surface area contributed by atoms with Crippen LogP contribution < -0.4 is 0 Å². The van der Waals surface area contributed by atoms with Crippen molar-refractivity contribution in [2.45, 2.75) is 86.1 Å². The molecule has 1 rings (SSSR count). The van der Waals surface area contributed by atoms with E-state index in [1.165, 1.54) is 0 Å². The molecule has 0 aliphatic carbocycles. The van der Waals surface area contributed by atoms with Crippen LogP contribution in [-0.4, -0.2) is 66.3 Å². The van der Waals surface area contributed by atoms with Crippen LogP contribution in [-0.2, 0) is 42.9 Å². The number of aliphatic hydroxyl groups excluding tert-OH is 1. The van der Waals surface area contributed by atoms with Gasteiger partial charge in [0.05, 0.1) is 10.8 Å². The SMILES string of the molecule is CC(=O)O[C@H]1[C@@H](OC(=O)C(C)(C)C)[C@H](OC(C)=O)[C@@H](COC(=O)C(C)(C)C)O[C@H]1O. The molecule has 172 valence electrons. The van der Waals surface area contributed by atoms with E-state index in [9.17, 15) is 24.3 Å². The second-order valence-electron chi connectivity index (χ2n) is 9.18. The first-order valence-corrected chi connectivity index (χ1v) is 9.60. The Morgan fingerprint density at radius 2 is 1.23 bits per heavy atom. The molecule has 0 saturated carbocycles. The monoisotopic (exact) mass is 432 g/mol. The Morgan fingerprint density at radius 3 is 1.67 bits per heavy atom. The normalized spacial score (nSPS) is 27.0. The molecular formula is C20H32O10. The van der Waals surface area contributed by atoms with Crippen LogP contribution in [0.5, 0.6) is 0 Å². The maximum Gasteiger partial charge on any atom is 0.311 e. The molecule has 0 aromatic heterocycles. The first-order chi connectivity index (χ1) is 13.5. The molecule has 1 saturated heterocycles. The Kier molecular flexibility index (Phi) is 8.39. The van der Waals surface area contributed by atoms with Gasteiger partial charge in [-0.05, 0) is 41.5 Å². The van der Waals surface area contributed by atoms with Crippen molar-refractivity contribution in [1.82, 2.24) is 0 Å². The van der Waals surface area contributed by atoms with Crippen LogP contribution in [0.25, 0.3) is 0 Å². The molecule has 1 N–H and O–H groups in total. The number of aliphatic hydroxyl groups is 1. The number of carbonyl (C=O) groups is 4. The summed E-state index contributed by atoms with van der Waals surface area (Å²) in [6, 6.07) is 0. The third kappa shape index (κ3) is 7.24. The number of rotatable bonds is 5. The van der Waals surface area contributed by atoms with Gasteiger partial charge in [-0.1, -0.05) is 0 Å². The van der Waals surface area contributed by atoms with Crippen molar-refractivity contribution in [2.24, 2.45) is 10.8 Å². The topological polar surface area (TPSA) is 135 Å². The van der Waals surface area contributed by atoms with Crippen LogP contribution in [0.4, 0.5) is 0 Å². The fourth-order valence-electron chi connectivity index (χ4n) is 2.49. The van der Waals surface area contributed by atoms with E-state index in [4.69, 9.17) is 23.7 Å². The quantitative estimate of drug-likeness (QED) is 0.497. The van der Waals surface area contributed by atoms with E-state index in [-0.39, 0.29) is 6.61 Å². The second-order valence-corrected chi connectivity index (χ2v) is 9.18. The lowest BCUT2D eigenvalue weighted by Crippen LogP contribution is -2.62. The molecule has 5 atom stereocenters. The molecule has 1 fully saturated rings. The van der Waals surface area contributed by atoms with Gasteiger partial charge in [0.2, 0.25) is 0 Å².